The van der Waals surface area contributed by atoms with Crippen molar-refractivity contribution >= 4 is 10.1 Å². The molecule has 0 radical (unpaired) electrons. The maximum Gasteiger partial charge on any atom is 0.0890 e. The van der Waals surface area contributed by atoms with Crippen LogP contribution in [0.25, 0.3) is 11.4 Å². The van der Waals surface area contributed by atoms with Gasteiger partial charge in [-0.1, -0.05) is 31.7 Å². The molecule has 0 atom stereocenters. The van der Waals surface area contributed by atoms with E-state index in [0.717, 1.165) is 41.6 Å². The van der Waals surface area contributed by atoms with Gasteiger partial charge in [-0.2, -0.15) is 0 Å². The molecule has 0 aliphatic carbocycles. The van der Waals surface area contributed by atoms with Crippen LogP contribution in [0.1, 0.15) is 24.5 Å². The minimum atomic E-state index is 0. The number of hydrogen-bond donors (Lipinski definition) is 0. The molecule has 4 heterocycles. The van der Waals surface area contributed by atoms with Crippen LogP contribution in [0.5, 0.6) is 0 Å². The summed E-state index contributed by atoms with van der Waals surface area (Å²) >= 11 is 3.03. The maximum absolute atomic E-state index is 4.82. The molecular formula is C24H25ClCoN5+. The third-order valence-corrected chi connectivity index (χ3v) is 4.34. The maximum atomic E-state index is 4.82. The zero-order valence-corrected chi connectivity index (χ0v) is 18.0. The van der Waals surface area contributed by atoms with Gasteiger partial charge in [-0.15, -0.1) is 0 Å². The van der Waals surface area contributed by atoms with Crippen molar-refractivity contribution in [3.05, 3.63) is 108 Å². The SMILES string of the molecule is C.[Cl][Co+].c1ccc(CN(Cc2ccccn2)Cc2cccc(-c3ccccn3)n2)nc1. The summed E-state index contributed by atoms with van der Waals surface area (Å²) in [7, 11) is 4.33. The summed E-state index contributed by atoms with van der Waals surface area (Å²) in [6.07, 6.45) is 5.45. The largest absolute Gasteiger partial charge is 0.286 e. The molecule has 4 aromatic rings. The second-order valence-corrected chi connectivity index (χ2v) is 6.52. The molecule has 0 aromatic carbocycles. The van der Waals surface area contributed by atoms with E-state index in [1.54, 1.807) is 6.20 Å². The predicted octanol–water partition coefficient (Wildman–Crippen LogP) is 5.46. The van der Waals surface area contributed by atoms with Crippen LogP contribution < -0.4 is 0 Å². The van der Waals surface area contributed by atoms with Crippen molar-refractivity contribution in [2.45, 2.75) is 27.1 Å². The standard InChI is InChI=1S/C23H21N5.CH4.ClH.Co/c1-4-13-24-19(8-1)16-28(17-20-9-2-5-14-25-20)18-21-10-7-12-23(27-21)22-11-3-6-15-26-22;;;/h1-15H,16-18H2;1H4;1H;/q;;;+2/p-1. The number of pyridine rings is 4. The molecule has 161 valence electrons. The molecule has 0 unspecified atom stereocenters. The van der Waals surface area contributed by atoms with E-state index in [9.17, 15) is 0 Å². The van der Waals surface area contributed by atoms with E-state index in [0.29, 0.717) is 6.54 Å². The Kier molecular flexibility index (Phi) is 10.8. The molecule has 0 aliphatic rings. The number of rotatable bonds is 7. The van der Waals surface area contributed by atoms with Crippen molar-refractivity contribution in [1.29, 1.82) is 0 Å². The van der Waals surface area contributed by atoms with Gasteiger partial charge in [0, 0.05) is 38.2 Å². The van der Waals surface area contributed by atoms with E-state index in [1.165, 1.54) is 0 Å². The van der Waals surface area contributed by atoms with E-state index in [2.05, 4.69) is 50.9 Å². The zero-order valence-electron chi connectivity index (χ0n) is 16.2. The fourth-order valence-corrected chi connectivity index (χ4v) is 3.06. The molecule has 4 aromatic heterocycles. The van der Waals surface area contributed by atoms with Crippen molar-refractivity contribution in [2.24, 2.45) is 0 Å². The van der Waals surface area contributed by atoms with E-state index >= 15 is 0 Å². The van der Waals surface area contributed by atoms with E-state index in [-0.39, 0.29) is 7.43 Å². The summed E-state index contributed by atoms with van der Waals surface area (Å²) in [5, 5.41) is 0. The number of hydrogen-bond acceptors (Lipinski definition) is 5. The summed E-state index contributed by atoms with van der Waals surface area (Å²) in [4.78, 5) is 20.5. The first-order valence-corrected chi connectivity index (χ1v) is 10.8. The molecule has 0 amide bonds. The first kappa shape index (κ1) is 24.6. The van der Waals surface area contributed by atoms with Gasteiger partial charge < -0.3 is 0 Å². The van der Waals surface area contributed by atoms with E-state index in [4.69, 9.17) is 4.98 Å². The molecule has 0 saturated heterocycles. The van der Waals surface area contributed by atoms with Crippen LogP contribution in [0, 0.1) is 0 Å². The summed E-state index contributed by atoms with van der Waals surface area (Å²) in [5.41, 5.74) is 4.81. The van der Waals surface area contributed by atoms with E-state index < -0.39 is 0 Å². The summed E-state index contributed by atoms with van der Waals surface area (Å²) in [6.45, 7) is 2.16. The Morgan fingerprint density at radius 3 is 1.58 bits per heavy atom. The van der Waals surface area contributed by atoms with Crippen molar-refractivity contribution in [3.63, 3.8) is 0 Å². The second-order valence-electron chi connectivity index (χ2n) is 6.52. The predicted molar refractivity (Wildman–Crippen MR) is 121 cm³/mol. The molecule has 0 fully saturated rings. The number of halogens is 1. The zero-order chi connectivity index (χ0) is 21.0. The second kappa shape index (κ2) is 13.6. The monoisotopic (exact) mass is 477 g/mol. The average molecular weight is 478 g/mol. The molecule has 5 nitrogen and oxygen atoms in total. The number of aromatic nitrogens is 4. The Morgan fingerprint density at radius 1 is 0.581 bits per heavy atom. The molecule has 0 aliphatic heterocycles. The fourth-order valence-electron chi connectivity index (χ4n) is 3.06. The van der Waals surface area contributed by atoms with Crippen molar-refractivity contribution in [2.75, 3.05) is 0 Å². The van der Waals surface area contributed by atoms with Gasteiger partial charge in [-0.05, 0) is 48.5 Å². The van der Waals surface area contributed by atoms with Crippen molar-refractivity contribution in [1.82, 2.24) is 24.8 Å². The van der Waals surface area contributed by atoms with Crippen LogP contribution in [0.4, 0.5) is 0 Å². The van der Waals surface area contributed by atoms with Gasteiger partial charge >= 0.3 is 25.0 Å². The molecule has 7 heteroatoms. The molecular weight excluding hydrogens is 453 g/mol. The third-order valence-electron chi connectivity index (χ3n) is 4.34. The molecule has 0 N–H and O–H groups in total. The Balaban J connectivity index is 0.00000111. The van der Waals surface area contributed by atoms with Crippen molar-refractivity contribution < 1.29 is 14.8 Å². The molecule has 4 rings (SSSR count). The van der Waals surface area contributed by atoms with Gasteiger partial charge in [-0.25, -0.2) is 4.98 Å². The van der Waals surface area contributed by atoms with Gasteiger partial charge in [-0.3, -0.25) is 19.9 Å². The average Bonchev–Trinajstić information content (AvgIpc) is 2.82. The first-order chi connectivity index (χ1) is 14.9. The number of nitrogens with zero attached hydrogens (tertiary/aromatic N) is 5. The van der Waals surface area contributed by atoms with Crippen LogP contribution in [-0.2, 0) is 34.5 Å². The third kappa shape index (κ3) is 7.84. The summed E-state index contributed by atoms with van der Waals surface area (Å²) < 4.78 is 0. The smallest absolute Gasteiger partial charge is 0.0890 e. The van der Waals surface area contributed by atoms with Crippen LogP contribution in [0.3, 0.4) is 0 Å². The van der Waals surface area contributed by atoms with E-state index in [1.807, 2.05) is 79.1 Å². The van der Waals surface area contributed by atoms with Crippen molar-refractivity contribution in [3.8, 4) is 11.4 Å². The fraction of sp³-hybridized carbons (Fsp3) is 0.167. The summed E-state index contributed by atoms with van der Waals surface area (Å²) in [5.74, 6) is 0. The normalized spacial score (nSPS) is 10.0. The van der Waals surface area contributed by atoms with Gasteiger partial charge in [0.1, 0.15) is 0 Å². The first-order valence-electron chi connectivity index (χ1n) is 9.39. The molecule has 0 bridgehead atoms. The van der Waals surface area contributed by atoms with Gasteiger partial charge in [0.15, 0.2) is 0 Å². The van der Waals surface area contributed by atoms with Gasteiger partial charge in [0.25, 0.3) is 0 Å². The summed E-state index contributed by atoms with van der Waals surface area (Å²) in [6, 6.07) is 23.9. The Labute approximate surface area is 196 Å². The van der Waals surface area contributed by atoms with Crippen LogP contribution in [-0.4, -0.2) is 24.8 Å². The van der Waals surface area contributed by atoms with Gasteiger partial charge in [0.05, 0.1) is 28.5 Å². The minimum Gasteiger partial charge on any atom is -0.286 e. The molecule has 31 heavy (non-hydrogen) atoms. The Morgan fingerprint density at radius 2 is 1.06 bits per heavy atom. The molecule has 0 spiro atoms. The topological polar surface area (TPSA) is 54.8 Å². The minimum absolute atomic E-state index is 0. The quantitative estimate of drug-likeness (QED) is 0.354. The van der Waals surface area contributed by atoms with Crippen LogP contribution in [0.2, 0.25) is 0 Å². The van der Waals surface area contributed by atoms with Crippen LogP contribution >= 0.6 is 10.1 Å². The van der Waals surface area contributed by atoms with Crippen LogP contribution in [0.15, 0.2) is 91.4 Å². The Hall–Kier alpha value is -2.64. The van der Waals surface area contributed by atoms with Gasteiger partial charge in [0.2, 0.25) is 0 Å². The Bertz CT molecular complexity index is 962. The molecule has 0 saturated carbocycles.